The Morgan fingerprint density at radius 1 is 0.931 bits per heavy atom. The zero-order chi connectivity index (χ0) is 20.8. The number of nitrogens with one attached hydrogen (secondary N) is 1. The molecule has 0 saturated heterocycles. The van der Waals surface area contributed by atoms with Crippen LogP contribution in [-0.4, -0.2) is 41.2 Å². The molecule has 0 atom stereocenters. The van der Waals surface area contributed by atoms with E-state index in [9.17, 15) is 9.59 Å². The third-order valence-corrected chi connectivity index (χ3v) is 3.80. The number of hydrogen-bond donors (Lipinski definition) is 2. The van der Waals surface area contributed by atoms with Gasteiger partial charge in [0.15, 0.2) is 0 Å². The van der Waals surface area contributed by atoms with Gasteiger partial charge in [-0.15, -0.1) is 0 Å². The van der Waals surface area contributed by atoms with Gasteiger partial charge in [-0.3, -0.25) is 4.79 Å². The van der Waals surface area contributed by atoms with Crippen LogP contribution in [-0.2, 0) is 0 Å². The molecule has 3 aromatic rings. The van der Waals surface area contributed by atoms with Crippen molar-refractivity contribution in [2.45, 2.75) is 0 Å². The summed E-state index contributed by atoms with van der Waals surface area (Å²) in [4.78, 5) is 31.8. The number of aromatic carboxylic acids is 1. The summed E-state index contributed by atoms with van der Waals surface area (Å²) in [6, 6.07) is 13.8. The van der Waals surface area contributed by atoms with Crippen LogP contribution in [0.2, 0.25) is 0 Å². The lowest BCUT2D eigenvalue weighted by molar-refractivity contribution is 0.0696. The highest BCUT2D eigenvalue weighted by atomic mass is 16.5. The molecule has 0 spiro atoms. The molecule has 0 unspecified atom stereocenters. The second-order valence-electron chi connectivity index (χ2n) is 5.67. The quantitative estimate of drug-likeness (QED) is 0.626. The average molecular weight is 395 g/mol. The van der Waals surface area contributed by atoms with E-state index in [1.165, 1.54) is 44.6 Å². The van der Waals surface area contributed by atoms with E-state index in [0.29, 0.717) is 5.69 Å². The molecule has 1 amide bonds. The number of amides is 1. The Morgan fingerprint density at radius 3 is 2.14 bits per heavy atom. The van der Waals surface area contributed by atoms with Gasteiger partial charge in [0, 0.05) is 5.69 Å². The van der Waals surface area contributed by atoms with E-state index in [1.54, 1.807) is 24.3 Å². The normalized spacial score (nSPS) is 10.1. The summed E-state index contributed by atoms with van der Waals surface area (Å²) in [5.41, 5.74) is 0.796. The Balaban J connectivity index is 1.83. The van der Waals surface area contributed by atoms with Crippen LogP contribution < -0.4 is 19.5 Å². The molecule has 0 fully saturated rings. The number of methoxy groups -OCH3 is 2. The van der Waals surface area contributed by atoms with Gasteiger partial charge in [0.05, 0.1) is 31.4 Å². The van der Waals surface area contributed by atoms with Crippen LogP contribution in [0.5, 0.6) is 23.5 Å². The number of ether oxygens (including phenoxy) is 3. The number of rotatable bonds is 7. The summed E-state index contributed by atoms with van der Waals surface area (Å²) in [5, 5.41) is 11.6. The van der Waals surface area contributed by atoms with Gasteiger partial charge in [-0.05, 0) is 36.4 Å². The van der Waals surface area contributed by atoms with Crippen molar-refractivity contribution in [1.82, 2.24) is 9.97 Å². The summed E-state index contributed by atoms with van der Waals surface area (Å²) < 4.78 is 15.9. The number of benzene rings is 2. The number of carboxylic acid groups (broad SMARTS) is 1. The second-order valence-corrected chi connectivity index (χ2v) is 5.67. The van der Waals surface area contributed by atoms with Gasteiger partial charge in [0.25, 0.3) is 5.91 Å². The number of carboxylic acids is 1. The smallest absolute Gasteiger partial charge is 0.335 e. The fraction of sp³-hybridized carbons (Fsp3) is 0.100. The van der Waals surface area contributed by atoms with E-state index >= 15 is 0 Å². The number of carbonyl (C=O) groups excluding carboxylic acids is 1. The molecular formula is C20H17N3O6. The van der Waals surface area contributed by atoms with Crippen molar-refractivity contribution in [3.63, 3.8) is 0 Å². The lowest BCUT2D eigenvalue weighted by Gasteiger charge is -2.11. The molecule has 3 rings (SSSR count). The van der Waals surface area contributed by atoms with E-state index in [2.05, 4.69) is 15.3 Å². The second kappa shape index (κ2) is 8.70. The van der Waals surface area contributed by atoms with Gasteiger partial charge < -0.3 is 24.6 Å². The van der Waals surface area contributed by atoms with Crippen LogP contribution in [0.25, 0.3) is 0 Å². The van der Waals surface area contributed by atoms with Crippen LogP contribution in [0.15, 0.2) is 54.6 Å². The van der Waals surface area contributed by atoms with Crippen molar-refractivity contribution in [2.24, 2.45) is 0 Å². The lowest BCUT2D eigenvalue weighted by atomic mass is 10.1. The molecule has 9 heteroatoms. The summed E-state index contributed by atoms with van der Waals surface area (Å²) in [5.74, 6) is -0.782. The average Bonchev–Trinajstić information content (AvgIpc) is 2.74. The molecule has 1 heterocycles. The topological polar surface area (TPSA) is 120 Å². The van der Waals surface area contributed by atoms with Crippen LogP contribution in [0.1, 0.15) is 20.7 Å². The van der Waals surface area contributed by atoms with Crippen LogP contribution >= 0.6 is 0 Å². The Bertz CT molecular complexity index is 1010. The maximum Gasteiger partial charge on any atom is 0.335 e. The third-order valence-electron chi connectivity index (χ3n) is 3.80. The molecule has 0 bridgehead atoms. The number of para-hydroxylation sites is 1. The van der Waals surface area contributed by atoms with E-state index < -0.39 is 11.9 Å². The first-order chi connectivity index (χ1) is 14.0. The molecular weight excluding hydrogens is 378 g/mol. The third kappa shape index (κ3) is 4.78. The minimum Gasteiger partial charge on any atom is -0.481 e. The molecule has 0 aliphatic rings. The van der Waals surface area contributed by atoms with Crippen LogP contribution in [0.3, 0.4) is 0 Å². The molecule has 148 valence electrons. The van der Waals surface area contributed by atoms with Gasteiger partial charge >= 0.3 is 12.0 Å². The standard InChI is InChI=1S/C20H17N3O6/c1-27-16-11-17(28-2)23-20(22-16)29-15-6-4-3-5-14(15)18(24)21-13-9-7-12(8-10-13)19(25)26/h3-11H,1-2H3,(H,21,24)(H,25,26). The predicted octanol–water partition coefficient (Wildman–Crippen LogP) is 3.24. The van der Waals surface area contributed by atoms with Crippen molar-refractivity contribution in [2.75, 3.05) is 19.5 Å². The summed E-state index contributed by atoms with van der Waals surface area (Å²) in [7, 11) is 2.89. The van der Waals surface area contributed by atoms with Crippen molar-refractivity contribution in [3.05, 3.63) is 65.7 Å². The number of hydrogen-bond acceptors (Lipinski definition) is 7. The molecule has 0 aliphatic carbocycles. The van der Waals surface area contributed by atoms with Crippen LogP contribution in [0, 0.1) is 0 Å². The molecule has 2 aromatic carbocycles. The monoisotopic (exact) mass is 395 g/mol. The van der Waals surface area contributed by atoms with E-state index in [4.69, 9.17) is 19.3 Å². The highest BCUT2D eigenvalue weighted by molar-refractivity contribution is 6.06. The van der Waals surface area contributed by atoms with Gasteiger partial charge in [0.1, 0.15) is 5.75 Å². The molecule has 0 saturated carbocycles. The first-order valence-corrected chi connectivity index (χ1v) is 8.39. The highest BCUT2D eigenvalue weighted by Crippen LogP contribution is 2.27. The maximum absolute atomic E-state index is 12.7. The summed E-state index contributed by atoms with van der Waals surface area (Å²) >= 11 is 0. The number of nitrogens with zero attached hydrogens (tertiary/aromatic N) is 2. The Morgan fingerprint density at radius 2 is 1.55 bits per heavy atom. The molecule has 29 heavy (non-hydrogen) atoms. The predicted molar refractivity (Wildman–Crippen MR) is 103 cm³/mol. The van der Waals surface area contributed by atoms with Crippen molar-refractivity contribution < 1.29 is 28.9 Å². The first kappa shape index (κ1) is 19.6. The Kier molecular flexibility index (Phi) is 5.88. The van der Waals surface area contributed by atoms with Crippen LogP contribution in [0.4, 0.5) is 5.69 Å². The number of anilines is 1. The van der Waals surface area contributed by atoms with Crippen molar-refractivity contribution >= 4 is 17.6 Å². The minimum atomic E-state index is -1.05. The lowest BCUT2D eigenvalue weighted by Crippen LogP contribution is -2.13. The number of carbonyl (C=O) groups is 2. The summed E-state index contributed by atoms with van der Waals surface area (Å²) in [6.45, 7) is 0. The maximum atomic E-state index is 12.7. The molecule has 0 radical (unpaired) electrons. The molecule has 2 N–H and O–H groups in total. The zero-order valence-electron chi connectivity index (χ0n) is 15.6. The van der Waals surface area contributed by atoms with Crippen molar-refractivity contribution in [3.8, 4) is 23.5 Å². The van der Waals surface area contributed by atoms with Crippen molar-refractivity contribution in [1.29, 1.82) is 0 Å². The molecule has 9 nitrogen and oxygen atoms in total. The number of aromatic nitrogens is 2. The molecule has 0 aliphatic heterocycles. The first-order valence-electron chi connectivity index (χ1n) is 8.39. The highest BCUT2D eigenvalue weighted by Gasteiger charge is 2.16. The minimum absolute atomic E-state index is 0.0488. The van der Waals surface area contributed by atoms with E-state index in [0.717, 1.165) is 0 Å². The van der Waals surface area contributed by atoms with Gasteiger partial charge in [-0.25, -0.2) is 4.79 Å². The fourth-order valence-electron chi connectivity index (χ4n) is 2.37. The largest absolute Gasteiger partial charge is 0.481 e. The Hall–Kier alpha value is -4.14. The van der Waals surface area contributed by atoms with Gasteiger partial charge in [-0.2, -0.15) is 9.97 Å². The molecule has 1 aromatic heterocycles. The zero-order valence-corrected chi connectivity index (χ0v) is 15.6. The SMILES string of the molecule is COc1cc(OC)nc(Oc2ccccc2C(=O)Nc2ccc(C(=O)O)cc2)n1. The Labute approximate surface area is 165 Å². The summed E-state index contributed by atoms with van der Waals surface area (Å²) in [6.07, 6.45) is 0. The fourth-order valence-corrected chi connectivity index (χ4v) is 2.37. The van der Waals surface area contributed by atoms with Gasteiger partial charge in [0.2, 0.25) is 11.8 Å². The van der Waals surface area contributed by atoms with E-state index in [-0.39, 0.29) is 34.6 Å². The van der Waals surface area contributed by atoms with Gasteiger partial charge in [-0.1, -0.05) is 12.1 Å². The van der Waals surface area contributed by atoms with E-state index in [1.807, 2.05) is 0 Å².